The first kappa shape index (κ1) is 10.2. The van der Waals surface area contributed by atoms with E-state index in [0.29, 0.717) is 0 Å². The molecule has 1 aliphatic rings. The van der Waals surface area contributed by atoms with Crippen molar-refractivity contribution in [3.8, 4) is 11.5 Å². The average Bonchev–Trinajstić information content (AvgIpc) is 2.48. The quantitative estimate of drug-likeness (QED) is 0.305. The largest absolute Gasteiger partial charge is 0.629 e. The van der Waals surface area contributed by atoms with E-state index in [2.05, 4.69) is 9.05 Å². The third-order valence-electron chi connectivity index (χ3n) is 1.58. The monoisotopic (exact) mass is 246 g/mol. The molecule has 15 heavy (non-hydrogen) atoms. The molecule has 0 amide bonds. The molecule has 0 atom stereocenters. The van der Waals surface area contributed by atoms with E-state index in [4.69, 9.17) is 0 Å². The van der Waals surface area contributed by atoms with Crippen molar-refractivity contribution < 1.29 is 35.4 Å². The van der Waals surface area contributed by atoms with Crippen molar-refractivity contribution in [2.45, 2.75) is 0 Å². The van der Waals surface area contributed by atoms with Crippen molar-refractivity contribution in [2.75, 3.05) is 0 Å². The Hall–Kier alpha value is -1.30. The third-order valence-corrected chi connectivity index (χ3v) is 2.39. The lowest BCUT2D eigenvalue weighted by molar-refractivity contribution is 0.369. The molecule has 0 bridgehead atoms. The van der Waals surface area contributed by atoms with Crippen LogP contribution in [0.5, 0.6) is 11.5 Å². The Kier molecular flexibility index (Phi) is 1.94. The minimum atomic E-state index is -5.23. The van der Waals surface area contributed by atoms with Crippen molar-refractivity contribution in [1.82, 2.24) is 0 Å². The Morgan fingerprint density at radius 1 is 0.800 bits per heavy atom. The van der Waals surface area contributed by atoms with E-state index >= 15 is 0 Å². The lowest BCUT2D eigenvalue weighted by Gasteiger charge is -2.00. The maximum Gasteiger partial charge on any atom is 0.629 e. The zero-order valence-electron chi connectivity index (χ0n) is 6.56. The number of rotatable bonds is 0. The van der Waals surface area contributed by atoms with E-state index in [-0.39, 0.29) is 0 Å². The molecule has 0 radical (unpaired) electrons. The van der Waals surface area contributed by atoms with Crippen molar-refractivity contribution in [3.05, 3.63) is 23.3 Å². The van der Waals surface area contributed by atoms with Crippen LogP contribution in [-0.4, -0.2) is 0 Å². The van der Waals surface area contributed by atoms with Crippen LogP contribution in [0.2, 0.25) is 0 Å². The van der Waals surface area contributed by atoms with Gasteiger partial charge in [0, 0.05) is 0 Å². The van der Waals surface area contributed by atoms with Crippen molar-refractivity contribution in [1.29, 1.82) is 0 Å². The number of hydrogen-bond donors (Lipinski definition) is 0. The van der Waals surface area contributed by atoms with Gasteiger partial charge in [-0.2, -0.15) is 8.78 Å². The predicted molar refractivity (Wildman–Crippen MR) is 36.2 cm³/mol. The fourth-order valence-electron chi connectivity index (χ4n) is 0.991. The van der Waals surface area contributed by atoms with Crippen LogP contribution in [0.1, 0.15) is 0 Å². The van der Waals surface area contributed by atoms with Crippen LogP contribution in [0.4, 0.5) is 21.8 Å². The fraction of sp³-hybridized carbons (Fsp3) is 0. The third kappa shape index (κ3) is 1.36. The van der Waals surface area contributed by atoms with Gasteiger partial charge < -0.3 is 9.05 Å². The van der Waals surface area contributed by atoms with Crippen LogP contribution in [-0.2, 0) is 4.57 Å². The maximum absolute atomic E-state index is 12.8. The van der Waals surface area contributed by atoms with Crippen LogP contribution in [0.25, 0.3) is 0 Å². The van der Waals surface area contributed by atoms with Crippen molar-refractivity contribution >= 4 is 7.91 Å². The second kappa shape index (κ2) is 2.85. The summed E-state index contributed by atoms with van der Waals surface area (Å²) in [5.74, 6) is -11.2. The highest BCUT2D eigenvalue weighted by Gasteiger charge is 2.44. The summed E-state index contributed by atoms with van der Waals surface area (Å²) in [5, 5.41) is 0. The molecule has 9 heteroatoms. The molecule has 0 aliphatic carbocycles. The van der Waals surface area contributed by atoms with Gasteiger partial charge in [-0.25, -0.2) is 13.3 Å². The zero-order chi connectivity index (χ0) is 11.4. The summed E-state index contributed by atoms with van der Waals surface area (Å²) < 4.78 is 81.2. The molecule has 0 aromatic heterocycles. The summed E-state index contributed by atoms with van der Waals surface area (Å²) in [6, 6.07) is 0. The van der Waals surface area contributed by atoms with E-state index in [1.165, 1.54) is 0 Å². The molecule has 0 saturated heterocycles. The Labute approximate surface area is 79.1 Å². The van der Waals surface area contributed by atoms with Crippen molar-refractivity contribution in [3.63, 3.8) is 0 Å². The number of hydrogen-bond acceptors (Lipinski definition) is 3. The van der Waals surface area contributed by atoms with E-state index in [9.17, 15) is 26.3 Å². The summed E-state index contributed by atoms with van der Waals surface area (Å²) in [6.45, 7) is 0. The molecule has 0 saturated carbocycles. The van der Waals surface area contributed by atoms with Crippen LogP contribution in [0.3, 0.4) is 0 Å². The van der Waals surface area contributed by atoms with Crippen LogP contribution >= 0.6 is 7.91 Å². The van der Waals surface area contributed by atoms with E-state index < -0.39 is 42.7 Å². The fourth-order valence-corrected chi connectivity index (χ4v) is 1.79. The molecular formula is C6F5O3P. The molecule has 1 aliphatic heterocycles. The first-order valence-corrected chi connectivity index (χ1v) is 4.81. The average molecular weight is 246 g/mol. The molecule has 0 spiro atoms. The molecule has 82 valence electrons. The Morgan fingerprint density at radius 3 is 1.47 bits per heavy atom. The lowest BCUT2D eigenvalue weighted by atomic mass is 10.2. The Morgan fingerprint density at radius 2 is 1.13 bits per heavy atom. The van der Waals surface area contributed by atoms with Gasteiger partial charge in [0.1, 0.15) is 0 Å². The molecule has 1 aromatic rings. The minimum Gasteiger partial charge on any atom is -0.384 e. The maximum atomic E-state index is 12.8. The zero-order valence-corrected chi connectivity index (χ0v) is 7.46. The standard InChI is InChI=1S/C6F5O3P/c7-1-2(8)4(10)6-5(3(1)9)13-15(11,12)14-6. The smallest absolute Gasteiger partial charge is 0.384 e. The Bertz CT molecular complexity index is 461. The highest BCUT2D eigenvalue weighted by atomic mass is 31.2. The first-order valence-electron chi connectivity index (χ1n) is 3.38. The van der Waals surface area contributed by atoms with Gasteiger partial charge in [-0.05, 0) is 0 Å². The first-order chi connectivity index (χ1) is 6.83. The normalized spacial score (nSPS) is 16.9. The van der Waals surface area contributed by atoms with Gasteiger partial charge >= 0.3 is 7.91 Å². The van der Waals surface area contributed by atoms with E-state index in [1.807, 2.05) is 0 Å². The van der Waals surface area contributed by atoms with Gasteiger partial charge in [0.15, 0.2) is 0 Å². The van der Waals surface area contributed by atoms with Crippen LogP contribution < -0.4 is 9.05 Å². The summed E-state index contributed by atoms with van der Waals surface area (Å²) in [4.78, 5) is 0. The lowest BCUT2D eigenvalue weighted by Crippen LogP contribution is -1.97. The van der Waals surface area contributed by atoms with Crippen molar-refractivity contribution in [2.24, 2.45) is 0 Å². The highest BCUT2D eigenvalue weighted by Crippen LogP contribution is 2.61. The molecule has 1 aromatic carbocycles. The second-order valence-corrected chi connectivity index (χ2v) is 3.75. The van der Waals surface area contributed by atoms with Gasteiger partial charge in [0.2, 0.25) is 34.8 Å². The van der Waals surface area contributed by atoms with Gasteiger partial charge in [-0.15, -0.1) is 4.20 Å². The molecule has 3 nitrogen and oxygen atoms in total. The number of benzene rings is 1. The Balaban J connectivity index is 2.75. The molecule has 2 rings (SSSR count). The molecule has 0 fully saturated rings. The summed E-state index contributed by atoms with van der Waals surface area (Å²) in [6.07, 6.45) is 0. The number of halogens is 5. The van der Waals surface area contributed by atoms with Gasteiger partial charge in [0.05, 0.1) is 0 Å². The topological polar surface area (TPSA) is 35.5 Å². The minimum absolute atomic E-state index is 1.38. The highest BCUT2D eigenvalue weighted by molar-refractivity contribution is 7.49. The molecular weight excluding hydrogens is 246 g/mol. The molecule has 0 N–H and O–H groups in total. The van der Waals surface area contributed by atoms with Crippen LogP contribution in [0, 0.1) is 23.3 Å². The van der Waals surface area contributed by atoms with Crippen LogP contribution in [0.15, 0.2) is 0 Å². The SMILES string of the molecule is O=P1(F)Oc2c(F)c(F)c(F)c(F)c2O1. The molecule has 0 unspecified atom stereocenters. The summed E-state index contributed by atoms with van der Waals surface area (Å²) >= 11 is 0. The van der Waals surface area contributed by atoms with Gasteiger partial charge in [0.25, 0.3) is 0 Å². The van der Waals surface area contributed by atoms with E-state index in [1.54, 1.807) is 0 Å². The second-order valence-electron chi connectivity index (χ2n) is 2.53. The van der Waals surface area contributed by atoms with Gasteiger partial charge in [-0.3, -0.25) is 0 Å². The van der Waals surface area contributed by atoms with Gasteiger partial charge in [-0.1, -0.05) is 0 Å². The summed E-state index contributed by atoms with van der Waals surface area (Å²) in [5.41, 5.74) is 0. The molecule has 1 heterocycles. The predicted octanol–water partition coefficient (Wildman–Crippen LogP) is 3.09. The summed E-state index contributed by atoms with van der Waals surface area (Å²) in [7, 11) is -5.23. The van der Waals surface area contributed by atoms with E-state index in [0.717, 1.165) is 0 Å². The number of fused-ring (bicyclic) bond motifs is 1.